The summed E-state index contributed by atoms with van der Waals surface area (Å²) in [5, 5.41) is 15.4. The Bertz CT molecular complexity index is 1160. The van der Waals surface area contributed by atoms with Gasteiger partial charge in [0, 0.05) is 17.5 Å². The van der Waals surface area contributed by atoms with E-state index >= 15 is 0 Å². The van der Waals surface area contributed by atoms with Crippen molar-refractivity contribution < 1.29 is 28.3 Å². The number of aliphatic hydroxyl groups excluding tert-OH is 1. The molecule has 1 unspecified atom stereocenters. The summed E-state index contributed by atoms with van der Waals surface area (Å²) in [7, 11) is 0. The molecule has 33 heavy (non-hydrogen) atoms. The largest absolute Gasteiger partial charge is 0.481 e. The molecular weight excluding hydrogens is 431 g/mol. The first kappa shape index (κ1) is 22.5. The van der Waals surface area contributed by atoms with Crippen LogP contribution in [0.1, 0.15) is 59.5 Å². The normalized spacial score (nSPS) is 15.0. The van der Waals surface area contributed by atoms with E-state index < -0.39 is 23.9 Å². The van der Waals surface area contributed by atoms with Gasteiger partial charge in [-0.05, 0) is 57.0 Å². The lowest BCUT2D eigenvalue weighted by atomic mass is 10.1. The van der Waals surface area contributed by atoms with Gasteiger partial charge in [0.2, 0.25) is 5.82 Å². The Morgan fingerprint density at radius 2 is 2.06 bits per heavy atom. The average molecular weight is 454 g/mol. The maximum absolute atomic E-state index is 14.5. The van der Waals surface area contributed by atoms with Crippen LogP contribution in [-0.2, 0) is 0 Å². The van der Waals surface area contributed by atoms with Crippen molar-refractivity contribution in [2.24, 2.45) is 5.92 Å². The summed E-state index contributed by atoms with van der Waals surface area (Å²) in [5.74, 6) is -0.492. The molecule has 1 aliphatic rings. The second-order valence-corrected chi connectivity index (χ2v) is 7.99. The van der Waals surface area contributed by atoms with E-state index in [1.807, 2.05) is 0 Å². The van der Waals surface area contributed by atoms with E-state index in [0.29, 0.717) is 17.0 Å². The van der Waals surface area contributed by atoms with Gasteiger partial charge in [0.1, 0.15) is 17.3 Å². The van der Waals surface area contributed by atoms with Crippen LogP contribution >= 0.6 is 0 Å². The maximum Gasteiger partial charge on any atom is 0.258 e. The lowest BCUT2D eigenvalue weighted by Crippen LogP contribution is -2.35. The van der Waals surface area contributed by atoms with Gasteiger partial charge in [0.05, 0.1) is 18.4 Å². The van der Waals surface area contributed by atoms with E-state index in [9.17, 15) is 14.0 Å². The molecule has 2 heterocycles. The van der Waals surface area contributed by atoms with E-state index in [-0.39, 0.29) is 35.6 Å². The highest BCUT2D eigenvalue weighted by Gasteiger charge is 2.31. The number of carbonyl (C=O) groups excluding carboxylic acids is 2. The fourth-order valence-electron chi connectivity index (χ4n) is 3.10. The molecule has 10 heteroatoms. The van der Waals surface area contributed by atoms with Crippen LogP contribution < -0.4 is 10.1 Å². The predicted octanol–water partition coefficient (Wildman–Crippen LogP) is 3.11. The number of halogens is 1. The Kier molecular flexibility index (Phi) is 6.45. The number of benzene rings is 1. The number of hydrogen-bond donors (Lipinski definition) is 2. The lowest BCUT2D eigenvalue weighted by Gasteiger charge is -2.11. The van der Waals surface area contributed by atoms with Crippen molar-refractivity contribution in [3.63, 3.8) is 0 Å². The molecule has 0 spiro atoms. The number of rotatable bonds is 9. The third kappa shape index (κ3) is 5.23. The number of carbonyl (C=O) groups is 2. The molecule has 2 aromatic heterocycles. The van der Waals surface area contributed by atoms with Crippen LogP contribution in [0.15, 0.2) is 41.1 Å². The molecule has 0 saturated heterocycles. The summed E-state index contributed by atoms with van der Waals surface area (Å²) >= 11 is 0. The van der Waals surface area contributed by atoms with Gasteiger partial charge in [-0.3, -0.25) is 9.59 Å². The highest BCUT2D eigenvalue weighted by Crippen LogP contribution is 2.32. The molecule has 0 aliphatic heterocycles. The van der Waals surface area contributed by atoms with Crippen LogP contribution in [-0.4, -0.2) is 44.6 Å². The van der Waals surface area contributed by atoms with Crippen LogP contribution in [0, 0.1) is 11.7 Å². The van der Waals surface area contributed by atoms with Crippen LogP contribution in [0.3, 0.4) is 0 Å². The zero-order valence-corrected chi connectivity index (χ0v) is 18.1. The molecule has 4 rings (SSSR count). The summed E-state index contributed by atoms with van der Waals surface area (Å²) in [6.45, 7) is 3.06. The highest BCUT2D eigenvalue weighted by molar-refractivity contribution is 5.97. The number of aliphatic hydroxyl groups is 1. The van der Waals surface area contributed by atoms with Crippen LogP contribution in [0.25, 0.3) is 11.5 Å². The molecule has 0 radical (unpaired) electrons. The number of nitrogens with zero attached hydrogens (tertiary/aromatic N) is 3. The smallest absolute Gasteiger partial charge is 0.258 e. The van der Waals surface area contributed by atoms with Crippen molar-refractivity contribution >= 4 is 11.7 Å². The number of hydrogen-bond acceptors (Lipinski definition) is 8. The van der Waals surface area contributed by atoms with Gasteiger partial charge in [-0.15, -0.1) is 0 Å². The van der Waals surface area contributed by atoms with E-state index in [2.05, 4.69) is 20.4 Å². The van der Waals surface area contributed by atoms with Gasteiger partial charge in [-0.1, -0.05) is 5.16 Å². The number of aromatic nitrogens is 3. The van der Waals surface area contributed by atoms with Gasteiger partial charge >= 0.3 is 0 Å². The Labute approximate surface area is 189 Å². The first-order valence-electron chi connectivity index (χ1n) is 10.6. The maximum atomic E-state index is 14.5. The van der Waals surface area contributed by atoms with Gasteiger partial charge in [0.15, 0.2) is 11.9 Å². The molecule has 0 bridgehead atoms. The molecule has 1 saturated carbocycles. The second-order valence-electron chi connectivity index (χ2n) is 7.99. The molecule has 172 valence electrons. The van der Waals surface area contributed by atoms with E-state index in [0.717, 1.165) is 18.9 Å². The van der Waals surface area contributed by atoms with Gasteiger partial charge in [-0.25, -0.2) is 9.37 Å². The second kappa shape index (κ2) is 9.45. The number of amides is 1. The minimum Gasteiger partial charge on any atom is -0.481 e. The van der Waals surface area contributed by atoms with Gasteiger partial charge < -0.3 is 19.7 Å². The monoisotopic (exact) mass is 454 g/mol. The molecule has 9 nitrogen and oxygen atoms in total. The third-order valence-corrected chi connectivity index (χ3v) is 5.17. The lowest BCUT2D eigenvalue weighted by molar-refractivity contribution is 0.0917. The predicted molar refractivity (Wildman–Crippen MR) is 114 cm³/mol. The highest BCUT2D eigenvalue weighted by atomic mass is 19.1. The Morgan fingerprint density at radius 1 is 1.27 bits per heavy atom. The minimum atomic E-state index is -0.758. The van der Waals surface area contributed by atoms with Crippen molar-refractivity contribution in [1.82, 2.24) is 20.4 Å². The first-order valence-corrected chi connectivity index (χ1v) is 10.6. The summed E-state index contributed by atoms with van der Waals surface area (Å²) in [5.41, 5.74) is 0.561. The molecule has 2 N–H and O–H groups in total. The quantitative estimate of drug-likeness (QED) is 0.472. The van der Waals surface area contributed by atoms with Crippen LogP contribution in [0.4, 0.5) is 4.39 Å². The fraction of sp³-hybridized carbons (Fsp3) is 0.348. The summed E-state index contributed by atoms with van der Waals surface area (Å²) in [6.07, 6.45) is 2.71. The summed E-state index contributed by atoms with van der Waals surface area (Å²) in [6, 6.07) is 6.72. The number of pyridine rings is 1. The Hall–Kier alpha value is -3.66. The SMILES string of the molecule is CC(Oc1ccc(C(=O)C2CC2)nc1)c1noc(-c2ccc(C(=O)N[C@H](C)CO)c(F)c2)n1. The van der Waals surface area contributed by atoms with E-state index in [4.69, 9.17) is 14.4 Å². The Balaban J connectivity index is 1.42. The molecule has 1 aliphatic carbocycles. The van der Waals surface area contributed by atoms with Crippen molar-refractivity contribution in [2.45, 2.75) is 38.8 Å². The first-order chi connectivity index (χ1) is 15.9. The summed E-state index contributed by atoms with van der Waals surface area (Å²) < 4.78 is 25.5. The zero-order valence-electron chi connectivity index (χ0n) is 18.1. The molecule has 3 aromatic rings. The number of nitrogens with one attached hydrogen (secondary N) is 1. The average Bonchev–Trinajstić information content (AvgIpc) is 3.54. The molecule has 1 aromatic carbocycles. The number of ether oxygens (including phenoxy) is 1. The van der Waals surface area contributed by atoms with Crippen molar-refractivity contribution in [3.8, 4) is 17.2 Å². The van der Waals surface area contributed by atoms with Crippen molar-refractivity contribution in [3.05, 3.63) is 59.4 Å². The minimum absolute atomic E-state index is 0.0519. The molecular formula is C23H23FN4O5. The third-order valence-electron chi connectivity index (χ3n) is 5.17. The van der Waals surface area contributed by atoms with E-state index in [1.165, 1.54) is 18.3 Å². The zero-order chi connectivity index (χ0) is 23.5. The van der Waals surface area contributed by atoms with Crippen LogP contribution in [0.2, 0.25) is 0 Å². The van der Waals surface area contributed by atoms with Crippen molar-refractivity contribution in [2.75, 3.05) is 6.61 Å². The fourth-order valence-corrected chi connectivity index (χ4v) is 3.10. The molecule has 1 amide bonds. The van der Waals surface area contributed by atoms with Crippen molar-refractivity contribution in [1.29, 1.82) is 0 Å². The Morgan fingerprint density at radius 3 is 2.70 bits per heavy atom. The molecule has 1 fully saturated rings. The van der Waals surface area contributed by atoms with Gasteiger partial charge in [-0.2, -0.15) is 4.98 Å². The molecule has 2 atom stereocenters. The standard InChI is InChI=1S/C23H23FN4O5/c1-12(11-29)26-22(31)17-7-5-15(9-18(17)24)23-27-21(28-33-23)13(2)32-16-6-8-19(25-10-16)20(30)14-3-4-14/h5-10,12-14,29H,3-4,11H2,1-2H3,(H,26,31)/t12-,13?/m1/s1. The van der Waals surface area contributed by atoms with E-state index in [1.54, 1.807) is 26.0 Å². The summed E-state index contributed by atoms with van der Waals surface area (Å²) in [4.78, 5) is 32.6. The van der Waals surface area contributed by atoms with Crippen LogP contribution in [0.5, 0.6) is 5.75 Å². The topological polar surface area (TPSA) is 127 Å². The van der Waals surface area contributed by atoms with Gasteiger partial charge in [0.25, 0.3) is 11.8 Å². The number of Topliss-reactive ketones (excluding diaryl/α,β-unsaturated/α-hetero) is 1. The number of ketones is 1.